The second-order valence-electron chi connectivity index (χ2n) is 7.01. The normalized spacial score (nSPS) is 22.2. The summed E-state index contributed by atoms with van der Waals surface area (Å²) in [6, 6.07) is 2.26. The lowest BCUT2D eigenvalue weighted by Gasteiger charge is -2.34. The first kappa shape index (κ1) is 17.0. The molecule has 1 saturated heterocycles. The van der Waals surface area contributed by atoms with E-state index in [4.69, 9.17) is 4.74 Å². The smallest absolute Gasteiger partial charge is 0.317 e. The first-order chi connectivity index (χ1) is 11.6. The van der Waals surface area contributed by atoms with Crippen LogP contribution in [0, 0.1) is 13.8 Å². The zero-order chi connectivity index (χ0) is 16.9. The van der Waals surface area contributed by atoms with Crippen molar-refractivity contribution in [1.82, 2.24) is 20.2 Å². The predicted molar refractivity (Wildman–Crippen MR) is 92.1 cm³/mol. The van der Waals surface area contributed by atoms with Gasteiger partial charge in [0.25, 0.3) is 0 Å². The van der Waals surface area contributed by atoms with Crippen molar-refractivity contribution in [3.05, 3.63) is 17.6 Å². The van der Waals surface area contributed by atoms with E-state index < -0.39 is 0 Å². The Balaban J connectivity index is 1.54. The Morgan fingerprint density at radius 2 is 1.96 bits per heavy atom. The number of aromatic nitrogens is 2. The van der Waals surface area contributed by atoms with Gasteiger partial charge < -0.3 is 15.0 Å². The lowest BCUT2D eigenvalue weighted by molar-refractivity contribution is 0.0957. The molecule has 1 atom stereocenters. The van der Waals surface area contributed by atoms with Crippen LogP contribution in [0.2, 0.25) is 0 Å². The molecule has 132 valence electrons. The van der Waals surface area contributed by atoms with E-state index in [-0.39, 0.29) is 12.1 Å². The molecule has 1 aliphatic heterocycles. The SMILES string of the molecule is Cc1cc(OC2CCCN(C(=O)NC3CCCCC3)C2)nc(C)n1. The summed E-state index contributed by atoms with van der Waals surface area (Å²) < 4.78 is 6.01. The van der Waals surface area contributed by atoms with Gasteiger partial charge in [0.05, 0.1) is 6.54 Å². The van der Waals surface area contributed by atoms with Crippen LogP contribution in [0.15, 0.2) is 6.07 Å². The van der Waals surface area contributed by atoms with Crippen LogP contribution in [0.5, 0.6) is 5.88 Å². The molecule has 1 aliphatic carbocycles. The van der Waals surface area contributed by atoms with Gasteiger partial charge in [0.1, 0.15) is 11.9 Å². The molecule has 0 spiro atoms. The van der Waals surface area contributed by atoms with Gasteiger partial charge in [-0.1, -0.05) is 19.3 Å². The van der Waals surface area contributed by atoms with Gasteiger partial charge in [-0.2, -0.15) is 4.98 Å². The third-order valence-electron chi connectivity index (χ3n) is 4.83. The average molecular weight is 332 g/mol. The molecule has 1 unspecified atom stereocenters. The molecule has 0 aromatic carbocycles. The molecular formula is C18H28N4O2. The second-order valence-corrected chi connectivity index (χ2v) is 7.01. The number of likely N-dealkylation sites (tertiary alicyclic amines) is 1. The molecule has 0 bridgehead atoms. The lowest BCUT2D eigenvalue weighted by Crippen LogP contribution is -2.51. The minimum Gasteiger partial charge on any atom is -0.472 e. The fourth-order valence-electron chi connectivity index (χ4n) is 3.65. The Bertz CT molecular complexity index is 552. The highest BCUT2D eigenvalue weighted by Gasteiger charge is 2.27. The van der Waals surface area contributed by atoms with Gasteiger partial charge in [-0.15, -0.1) is 0 Å². The van der Waals surface area contributed by atoms with Crippen molar-refractivity contribution >= 4 is 6.03 Å². The van der Waals surface area contributed by atoms with Gasteiger partial charge >= 0.3 is 6.03 Å². The van der Waals surface area contributed by atoms with Crippen LogP contribution < -0.4 is 10.1 Å². The number of amides is 2. The number of hydrogen-bond acceptors (Lipinski definition) is 4. The van der Waals surface area contributed by atoms with Crippen LogP contribution in [0.3, 0.4) is 0 Å². The molecular weight excluding hydrogens is 304 g/mol. The maximum absolute atomic E-state index is 12.5. The molecule has 0 radical (unpaired) electrons. The van der Waals surface area contributed by atoms with Crippen LogP contribution in [0.4, 0.5) is 4.79 Å². The van der Waals surface area contributed by atoms with E-state index in [1.807, 2.05) is 24.8 Å². The van der Waals surface area contributed by atoms with Crippen LogP contribution in [0.25, 0.3) is 0 Å². The van der Waals surface area contributed by atoms with E-state index in [9.17, 15) is 4.79 Å². The first-order valence-electron chi connectivity index (χ1n) is 9.14. The summed E-state index contributed by atoms with van der Waals surface area (Å²) in [6.45, 7) is 5.23. The van der Waals surface area contributed by atoms with E-state index in [1.165, 1.54) is 19.3 Å². The summed E-state index contributed by atoms with van der Waals surface area (Å²) in [5.41, 5.74) is 0.903. The van der Waals surface area contributed by atoms with E-state index in [2.05, 4.69) is 15.3 Å². The molecule has 1 N–H and O–H groups in total. The zero-order valence-electron chi connectivity index (χ0n) is 14.8. The highest BCUT2D eigenvalue weighted by molar-refractivity contribution is 5.74. The Hall–Kier alpha value is -1.85. The number of nitrogens with one attached hydrogen (secondary N) is 1. The summed E-state index contributed by atoms with van der Waals surface area (Å²) in [4.78, 5) is 23.0. The number of carbonyl (C=O) groups is 1. The maximum atomic E-state index is 12.5. The quantitative estimate of drug-likeness (QED) is 0.924. The Kier molecular flexibility index (Phi) is 5.53. The van der Waals surface area contributed by atoms with Crippen LogP contribution >= 0.6 is 0 Å². The van der Waals surface area contributed by atoms with Gasteiger partial charge in [0.2, 0.25) is 5.88 Å². The van der Waals surface area contributed by atoms with E-state index in [0.717, 1.165) is 37.9 Å². The number of rotatable bonds is 3. The van der Waals surface area contributed by atoms with Crippen LogP contribution in [-0.2, 0) is 0 Å². The van der Waals surface area contributed by atoms with Gasteiger partial charge in [0.15, 0.2) is 0 Å². The van der Waals surface area contributed by atoms with Crippen molar-refractivity contribution < 1.29 is 9.53 Å². The minimum atomic E-state index is 0.00422. The number of nitrogens with zero attached hydrogens (tertiary/aromatic N) is 3. The van der Waals surface area contributed by atoms with E-state index in [1.54, 1.807) is 0 Å². The topological polar surface area (TPSA) is 67.3 Å². The van der Waals surface area contributed by atoms with E-state index in [0.29, 0.717) is 24.3 Å². The molecule has 3 rings (SSSR count). The third kappa shape index (κ3) is 4.58. The van der Waals surface area contributed by atoms with Crippen LogP contribution in [0.1, 0.15) is 56.5 Å². The van der Waals surface area contributed by atoms with Gasteiger partial charge in [-0.3, -0.25) is 0 Å². The standard InChI is InChI=1S/C18H28N4O2/c1-13-11-17(20-14(2)19-13)24-16-9-6-10-22(12-16)18(23)21-15-7-4-3-5-8-15/h11,15-16H,3-10,12H2,1-2H3,(H,21,23). The molecule has 1 saturated carbocycles. The van der Waals surface area contributed by atoms with Crippen molar-refractivity contribution in [3.63, 3.8) is 0 Å². The highest BCUT2D eigenvalue weighted by atomic mass is 16.5. The number of urea groups is 1. The van der Waals surface area contributed by atoms with Crippen molar-refractivity contribution in [1.29, 1.82) is 0 Å². The van der Waals surface area contributed by atoms with Gasteiger partial charge in [0, 0.05) is 24.3 Å². The molecule has 1 aromatic rings. The molecule has 6 heteroatoms. The van der Waals surface area contributed by atoms with Gasteiger partial charge in [-0.25, -0.2) is 9.78 Å². The fourth-order valence-corrected chi connectivity index (χ4v) is 3.65. The highest BCUT2D eigenvalue weighted by Crippen LogP contribution is 2.20. The molecule has 2 heterocycles. The Labute approximate surface area is 144 Å². The van der Waals surface area contributed by atoms with Gasteiger partial charge in [-0.05, 0) is 39.5 Å². The van der Waals surface area contributed by atoms with Crippen molar-refractivity contribution in [2.45, 2.75) is 70.9 Å². The largest absolute Gasteiger partial charge is 0.472 e. The molecule has 24 heavy (non-hydrogen) atoms. The summed E-state index contributed by atoms with van der Waals surface area (Å²) in [5, 5.41) is 3.20. The second kappa shape index (κ2) is 7.81. The molecule has 6 nitrogen and oxygen atoms in total. The zero-order valence-corrected chi connectivity index (χ0v) is 14.8. The first-order valence-corrected chi connectivity index (χ1v) is 9.14. The van der Waals surface area contributed by atoms with E-state index >= 15 is 0 Å². The summed E-state index contributed by atoms with van der Waals surface area (Å²) >= 11 is 0. The molecule has 2 fully saturated rings. The third-order valence-corrected chi connectivity index (χ3v) is 4.83. The number of carbonyl (C=O) groups excluding carboxylic acids is 1. The number of ether oxygens (including phenoxy) is 1. The number of aryl methyl sites for hydroxylation is 2. The molecule has 2 aliphatic rings. The predicted octanol–water partition coefficient (Wildman–Crippen LogP) is 2.98. The minimum absolute atomic E-state index is 0.00422. The number of hydrogen-bond donors (Lipinski definition) is 1. The molecule has 1 aromatic heterocycles. The average Bonchev–Trinajstić information content (AvgIpc) is 2.55. The van der Waals surface area contributed by atoms with Crippen molar-refractivity contribution in [2.24, 2.45) is 0 Å². The molecule has 2 amide bonds. The Morgan fingerprint density at radius 3 is 2.71 bits per heavy atom. The lowest BCUT2D eigenvalue weighted by atomic mass is 9.96. The monoisotopic (exact) mass is 332 g/mol. The summed E-state index contributed by atoms with van der Waals surface area (Å²) in [5.74, 6) is 1.33. The fraction of sp³-hybridized carbons (Fsp3) is 0.722. The van der Waals surface area contributed by atoms with Crippen molar-refractivity contribution in [2.75, 3.05) is 13.1 Å². The summed E-state index contributed by atoms with van der Waals surface area (Å²) in [6.07, 6.45) is 7.89. The number of piperidine rings is 1. The Morgan fingerprint density at radius 1 is 1.17 bits per heavy atom. The van der Waals surface area contributed by atoms with Crippen molar-refractivity contribution in [3.8, 4) is 5.88 Å². The summed E-state index contributed by atoms with van der Waals surface area (Å²) in [7, 11) is 0. The van der Waals surface area contributed by atoms with Crippen LogP contribution in [-0.4, -0.2) is 46.1 Å². The maximum Gasteiger partial charge on any atom is 0.317 e.